The van der Waals surface area contributed by atoms with Gasteiger partial charge < -0.3 is 18.9 Å². The summed E-state index contributed by atoms with van der Waals surface area (Å²) < 4.78 is 13.4. The van der Waals surface area contributed by atoms with Gasteiger partial charge in [-0.1, -0.05) is 18.2 Å². The van der Waals surface area contributed by atoms with Crippen LogP contribution in [0.4, 0.5) is 0 Å². The summed E-state index contributed by atoms with van der Waals surface area (Å²) in [6, 6.07) is 9.66. The molecule has 24 heavy (non-hydrogen) atoms. The molecule has 1 aliphatic heterocycles. The highest BCUT2D eigenvalue weighted by molar-refractivity contribution is 5.91. The number of carbonyl (C=O) groups excluding carboxylic acids is 1. The maximum absolute atomic E-state index is 12.7. The number of methoxy groups -OCH3 is 1. The summed E-state index contributed by atoms with van der Waals surface area (Å²) in [5.41, 5.74) is -0.491. The number of hydrogen-bond acceptors (Lipinski definition) is 4. The lowest BCUT2D eigenvalue weighted by Gasteiger charge is -2.41. The molecular formula is C18H23N3O3. The number of likely N-dealkylation sites (tertiary alicyclic amines) is 1. The lowest BCUT2D eigenvalue weighted by molar-refractivity contribution is -0.0826. The van der Waals surface area contributed by atoms with E-state index in [9.17, 15) is 4.79 Å². The van der Waals surface area contributed by atoms with E-state index in [0.717, 1.165) is 18.6 Å². The van der Waals surface area contributed by atoms with E-state index in [1.54, 1.807) is 24.1 Å². The van der Waals surface area contributed by atoms with Crippen molar-refractivity contribution in [3.63, 3.8) is 0 Å². The maximum atomic E-state index is 12.7. The van der Waals surface area contributed by atoms with Crippen LogP contribution in [0.2, 0.25) is 0 Å². The molecule has 1 amide bonds. The minimum absolute atomic E-state index is 0.0664. The first-order valence-corrected chi connectivity index (χ1v) is 8.13. The van der Waals surface area contributed by atoms with Crippen molar-refractivity contribution < 1.29 is 14.3 Å². The minimum atomic E-state index is -0.491. The van der Waals surface area contributed by atoms with E-state index in [1.165, 1.54) is 0 Å². The van der Waals surface area contributed by atoms with Crippen molar-refractivity contribution in [2.45, 2.75) is 18.4 Å². The molecule has 0 saturated carbocycles. The molecule has 0 spiro atoms. The number of aromatic nitrogens is 2. The average molecular weight is 329 g/mol. The Labute approximate surface area is 142 Å². The van der Waals surface area contributed by atoms with Crippen LogP contribution in [0.25, 0.3) is 0 Å². The number of ether oxygens (including phenoxy) is 2. The first-order chi connectivity index (χ1) is 11.6. The zero-order valence-electron chi connectivity index (χ0n) is 14.1. The Morgan fingerprint density at radius 1 is 1.33 bits per heavy atom. The molecule has 1 fully saturated rings. The molecule has 1 aromatic carbocycles. The fourth-order valence-electron chi connectivity index (χ4n) is 3.06. The predicted octanol–water partition coefficient (Wildman–Crippen LogP) is 2.12. The molecule has 1 saturated heterocycles. The largest absolute Gasteiger partial charge is 0.491 e. The molecule has 128 valence electrons. The van der Waals surface area contributed by atoms with Crippen LogP contribution >= 0.6 is 0 Å². The highest BCUT2D eigenvalue weighted by atomic mass is 16.5. The summed E-state index contributed by atoms with van der Waals surface area (Å²) in [5.74, 6) is 1.19. The molecule has 3 rings (SSSR count). The van der Waals surface area contributed by atoms with E-state index >= 15 is 0 Å². The van der Waals surface area contributed by atoms with Crippen LogP contribution in [0, 0.1) is 0 Å². The SMILES string of the molecule is COC1(COc2ccccc2)CCCN(C(=O)c2nccn2C)C1. The van der Waals surface area contributed by atoms with Gasteiger partial charge in [-0.3, -0.25) is 4.79 Å². The monoisotopic (exact) mass is 329 g/mol. The van der Waals surface area contributed by atoms with Gasteiger partial charge in [0, 0.05) is 33.1 Å². The number of imidazole rings is 1. The van der Waals surface area contributed by atoms with Crippen molar-refractivity contribution in [2.24, 2.45) is 7.05 Å². The summed E-state index contributed by atoms with van der Waals surface area (Å²) in [7, 11) is 3.51. The number of hydrogen-bond donors (Lipinski definition) is 0. The van der Waals surface area contributed by atoms with Crippen molar-refractivity contribution in [1.29, 1.82) is 0 Å². The van der Waals surface area contributed by atoms with Crippen LogP contribution in [-0.2, 0) is 11.8 Å². The summed E-state index contributed by atoms with van der Waals surface area (Å²) in [5, 5.41) is 0. The Bertz CT molecular complexity index is 686. The van der Waals surface area contributed by atoms with E-state index < -0.39 is 5.60 Å². The van der Waals surface area contributed by atoms with E-state index in [4.69, 9.17) is 9.47 Å². The summed E-state index contributed by atoms with van der Waals surface area (Å²) in [6.45, 7) is 1.63. The van der Waals surface area contributed by atoms with E-state index in [2.05, 4.69) is 4.98 Å². The van der Waals surface area contributed by atoms with Gasteiger partial charge in [-0.25, -0.2) is 4.98 Å². The second kappa shape index (κ2) is 7.05. The predicted molar refractivity (Wildman–Crippen MR) is 90.0 cm³/mol. The van der Waals surface area contributed by atoms with Crippen molar-refractivity contribution in [3.8, 4) is 5.75 Å². The van der Waals surface area contributed by atoms with Gasteiger partial charge in [0.05, 0.1) is 6.54 Å². The van der Waals surface area contributed by atoms with E-state index in [-0.39, 0.29) is 5.91 Å². The van der Waals surface area contributed by atoms with Gasteiger partial charge in [-0.2, -0.15) is 0 Å². The third kappa shape index (κ3) is 3.43. The summed E-state index contributed by atoms with van der Waals surface area (Å²) in [4.78, 5) is 18.7. The molecule has 2 aromatic rings. The second-order valence-corrected chi connectivity index (χ2v) is 6.18. The molecule has 0 N–H and O–H groups in total. The van der Waals surface area contributed by atoms with Crippen LogP contribution in [-0.4, -0.2) is 52.8 Å². The summed E-state index contributed by atoms with van der Waals surface area (Å²) in [6.07, 6.45) is 5.15. The van der Waals surface area contributed by atoms with Crippen molar-refractivity contribution in [3.05, 3.63) is 48.5 Å². The van der Waals surface area contributed by atoms with Crippen molar-refractivity contribution in [1.82, 2.24) is 14.5 Å². The molecule has 6 heteroatoms. The normalized spacial score (nSPS) is 20.8. The Hall–Kier alpha value is -2.34. The van der Waals surface area contributed by atoms with Crippen LogP contribution in [0.3, 0.4) is 0 Å². The smallest absolute Gasteiger partial charge is 0.289 e. The number of rotatable bonds is 5. The molecule has 1 aromatic heterocycles. The topological polar surface area (TPSA) is 56.6 Å². The Balaban J connectivity index is 1.70. The molecule has 0 bridgehead atoms. The number of benzene rings is 1. The quantitative estimate of drug-likeness (QED) is 0.843. The number of para-hydroxylation sites is 1. The van der Waals surface area contributed by atoms with E-state index in [0.29, 0.717) is 25.5 Å². The van der Waals surface area contributed by atoms with Crippen molar-refractivity contribution >= 4 is 5.91 Å². The van der Waals surface area contributed by atoms with Crippen LogP contribution in [0.15, 0.2) is 42.7 Å². The molecule has 1 aliphatic rings. The van der Waals surface area contributed by atoms with Gasteiger partial charge >= 0.3 is 0 Å². The zero-order valence-corrected chi connectivity index (χ0v) is 14.1. The number of piperidine rings is 1. The Kier molecular flexibility index (Phi) is 4.85. The zero-order chi connectivity index (χ0) is 17.0. The molecule has 0 aliphatic carbocycles. The molecule has 2 heterocycles. The average Bonchev–Trinajstić information content (AvgIpc) is 3.06. The van der Waals surface area contributed by atoms with Gasteiger partial charge in [0.1, 0.15) is 18.0 Å². The highest BCUT2D eigenvalue weighted by Gasteiger charge is 2.39. The fourth-order valence-corrected chi connectivity index (χ4v) is 3.06. The molecule has 6 nitrogen and oxygen atoms in total. The lowest BCUT2D eigenvalue weighted by Crippen LogP contribution is -2.54. The van der Waals surface area contributed by atoms with Crippen LogP contribution in [0.1, 0.15) is 23.5 Å². The maximum Gasteiger partial charge on any atom is 0.289 e. The number of aryl methyl sites for hydroxylation is 1. The fraction of sp³-hybridized carbons (Fsp3) is 0.444. The van der Waals surface area contributed by atoms with E-state index in [1.807, 2.05) is 42.3 Å². The van der Waals surface area contributed by atoms with Crippen molar-refractivity contribution in [2.75, 3.05) is 26.8 Å². The first kappa shape index (κ1) is 16.5. The minimum Gasteiger partial charge on any atom is -0.491 e. The second-order valence-electron chi connectivity index (χ2n) is 6.18. The van der Waals surface area contributed by atoms with Gasteiger partial charge in [0.15, 0.2) is 5.82 Å². The molecule has 1 atom stereocenters. The Morgan fingerprint density at radius 3 is 2.79 bits per heavy atom. The third-order valence-electron chi connectivity index (χ3n) is 4.52. The van der Waals surface area contributed by atoms with Gasteiger partial charge in [-0.05, 0) is 25.0 Å². The Morgan fingerprint density at radius 2 is 2.12 bits per heavy atom. The van der Waals surface area contributed by atoms with Crippen LogP contribution < -0.4 is 4.74 Å². The van der Waals surface area contributed by atoms with Gasteiger partial charge in [0.2, 0.25) is 0 Å². The van der Waals surface area contributed by atoms with Crippen LogP contribution in [0.5, 0.6) is 5.75 Å². The molecule has 1 unspecified atom stereocenters. The number of amides is 1. The first-order valence-electron chi connectivity index (χ1n) is 8.13. The molecule has 0 radical (unpaired) electrons. The summed E-state index contributed by atoms with van der Waals surface area (Å²) >= 11 is 0. The lowest BCUT2D eigenvalue weighted by atomic mass is 9.93. The van der Waals surface area contributed by atoms with Gasteiger partial charge in [-0.15, -0.1) is 0 Å². The number of nitrogens with zero attached hydrogens (tertiary/aromatic N) is 3. The number of carbonyl (C=O) groups is 1. The third-order valence-corrected chi connectivity index (χ3v) is 4.52. The standard InChI is InChI=1S/C18H23N3O3/c1-20-12-10-19-16(20)17(22)21-11-6-9-18(13-21,23-2)14-24-15-7-4-3-5-8-15/h3-5,7-8,10,12H,6,9,11,13-14H2,1-2H3. The molecular weight excluding hydrogens is 306 g/mol. The highest BCUT2D eigenvalue weighted by Crippen LogP contribution is 2.27. The van der Waals surface area contributed by atoms with Gasteiger partial charge in [0.25, 0.3) is 5.91 Å².